The van der Waals surface area contributed by atoms with Crippen molar-refractivity contribution in [1.29, 1.82) is 0 Å². The zero-order valence-corrected chi connectivity index (χ0v) is 11.4. The Balaban J connectivity index is 2.17. The van der Waals surface area contributed by atoms with Crippen LogP contribution in [-0.2, 0) is 11.8 Å². The van der Waals surface area contributed by atoms with Crippen LogP contribution in [0.3, 0.4) is 0 Å². The van der Waals surface area contributed by atoms with Crippen LogP contribution < -0.4 is 11.1 Å². The number of nitrogens with one attached hydrogen (secondary N) is 1. The Hall–Kier alpha value is -1.70. The highest BCUT2D eigenvalue weighted by molar-refractivity contribution is 6.38. The summed E-state index contributed by atoms with van der Waals surface area (Å²) < 4.78 is 1.55. The van der Waals surface area contributed by atoms with Crippen molar-refractivity contribution in [3.05, 3.63) is 34.6 Å². The molecule has 7 nitrogen and oxygen atoms in total. The van der Waals surface area contributed by atoms with Gasteiger partial charge in [-0.15, -0.1) is 0 Å². The first-order chi connectivity index (χ1) is 8.99. The summed E-state index contributed by atoms with van der Waals surface area (Å²) in [5, 5.41) is 6.53. The average molecular weight is 301 g/mol. The van der Waals surface area contributed by atoms with Gasteiger partial charge in [0.2, 0.25) is 5.91 Å². The van der Waals surface area contributed by atoms with Gasteiger partial charge in [0.15, 0.2) is 10.3 Å². The Morgan fingerprint density at radius 2 is 2.05 bits per heavy atom. The molecule has 19 heavy (non-hydrogen) atoms. The van der Waals surface area contributed by atoms with Gasteiger partial charge in [-0.25, -0.2) is 9.97 Å². The van der Waals surface area contributed by atoms with Gasteiger partial charge in [0.05, 0.1) is 6.20 Å². The van der Waals surface area contributed by atoms with Gasteiger partial charge in [-0.2, -0.15) is 5.10 Å². The van der Waals surface area contributed by atoms with Gasteiger partial charge in [0.1, 0.15) is 18.1 Å². The smallest absolute Gasteiger partial charge is 0.246 e. The van der Waals surface area contributed by atoms with Crippen molar-refractivity contribution in [2.75, 3.05) is 5.32 Å². The molecule has 1 amide bonds. The first-order valence-corrected chi connectivity index (χ1v) is 5.95. The van der Waals surface area contributed by atoms with Crippen LogP contribution in [0.25, 0.3) is 0 Å². The van der Waals surface area contributed by atoms with E-state index in [4.69, 9.17) is 28.9 Å². The molecule has 0 saturated heterocycles. The van der Waals surface area contributed by atoms with Crippen LogP contribution in [0.2, 0.25) is 10.3 Å². The molecule has 100 valence electrons. The number of aryl methyl sites for hydroxylation is 1. The molecule has 2 aromatic heterocycles. The summed E-state index contributed by atoms with van der Waals surface area (Å²) in [5.74, 6) is -0.480. The topological polar surface area (TPSA) is 98.7 Å². The number of carbonyl (C=O) groups is 1. The van der Waals surface area contributed by atoms with Crippen molar-refractivity contribution in [1.82, 2.24) is 19.7 Å². The number of carbonyl (C=O) groups excluding carboxylic acids is 1. The number of anilines is 1. The van der Waals surface area contributed by atoms with Crippen molar-refractivity contribution >= 4 is 34.8 Å². The Morgan fingerprint density at radius 1 is 1.42 bits per heavy atom. The largest absolute Gasteiger partial charge is 0.319 e. The minimum atomic E-state index is -0.888. The number of hydrogen-bond acceptors (Lipinski definition) is 5. The third-order valence-corrected chi connectivity index (χ3v) is 2.94. The highest BCUT2D eigenvalue weighted by Gasteiger charge is 2.20. The van der Waals surface area contributed by atoms with Gasteiger partial charge in [0, 0.05) is 18.8 Å². The summed E-state index contributed by atoms with van der Waals surface area (Å²) in [7, 11) is 1.73. The predicted molar refractivity (Wildman–Crippen MR) is 70.8 cm³/mol. The summed E-state index contributed by atoms with van der Waals surface area (Å²) in [6, 6.07) is -0.888. The Labute approximate surface area is 118 Å². The molecule has 2 heterocycles. The molecule has 0 aliphatic rings. The molecular formula is C10H10Cl2N6O. The first-order valence-electron chi connectivity index (χ1n) is 5.20. The van der Waals surface area contributed by atoms with Gasteiger partial charge in [-0.05, 0) is 0 Å². The van der Waals surface area contributed by atoms with Gasteiger partial charge in [-0.1, -0.05) is 23.2 Å². The van der Waals surface area contributed by atoms with Crippen molar-refractivity contribution in [2.45, 2.75) is 6.04 Å². The van der Waals surface area contributed by atoms with E-state index in [9.17, 15) is 4.79 Å². The fourth-order valence-electron chi connectivity index (χ4n) is 1.40. The van der Waals surface area contributed by atoms with Crippen molar-refractivity contribution in [3.8, 4) is 0 Å². The van der Waals surface area contributed by atoms with E-state index in [-0.39, 0.29) is 16.0 Å². The number of nitrogens with two attached hydrogens (primary N) is 1. The van der Waals surface area contributed by atoms with E-state index in [2.05, 4.69) is 20.4 Å². The van der Waals surface area contributed by atoms with Crippen LogP contribution in [0.1, 0.15) is 11.6 Å². The summed E-state index contributed by atoms with van der Waals surface area (Å²) >= 11 is 11.6. The second-order valence-corrected chi connectivity index (χ2v) is 4.46. The third-order valence-electron chi connectivity index (χ3n) is 2.37. The summed E-state index contributed by atoms with van der Waals surface area (Å²) in [6.07, 6.45) is 4.35. The van der Waals surface area contributed by atoms with E-state index in [0.717, 1.165) is 0 Å². The van der Waals surface area contributed by atoms with E-state index in [0.29, 0.717) is 5.56 Å². The number of rotatable bonds is 3. The molecule has 0 aliphatic carbocycles. The Bertz CT molecular complexity index is 594. The molecule has 0 radical (unpaired) electrons. The molecule has 9 heteroatoms. The van der Waals surface area contributed by atoms with Crippen molar-refractivity contribution in [2.24, 2.45) is 12.8 Å². The highest BCUT2D eigenvalue weighted by Crippen LogP contribution is 2.26. The lowest BCUT2D eigenvalue weighted by Gasteiger charge is -2.11. The lowest BCUT2D eigenvalue weighted by Crippen LogP contribution is -2.27. The summed E-state index contributed by atoms with van der Waals surface area (Å²) in [4.78, 5) is 19.4. The maximum Gasteiger partial charge on any atom is 0.246 e. The van der Waals surface area contributed by atoms with Gasteiger partial charge < -0.3 is 11.1 Å². The number of hydrogen-bond donors (Lipinski definition) is 2. The molecule has 2 rings (SSSR count). The Morgan fingerprint density at radius 3 is 2.58 bits per heavy atom. The van der Waals surface area contributed by atoms with E-state index in [1.807, 2.05) is 0 Å². The number of amides is 1. The minimum absolute atomic E-state index is 0.0479. The highest BCUT2D eigenvalue weighted by atomic mass is 35.5. The van der Waals surface area contributed by atoms with Crippen LogP contribution in [0.4, 0.5) is 5.69 Å². The lowest BCUT2D eigenvalue weighted by atomic mass is 10.1. The van der Waals surface area contributed by atoms with Crippen molar-refractivity contribution < 1.29 is 4.79 Å². The molecule has 0 spiro atoms. The average Bonchev–Trinajstić information content (AvgIpc) is 2.79. The van der Waals surface area contributed by atoms with Gasteiger partial charge in [-0.3, -0.25) is 9.48 Å². The van der Waals surface area contributed by atoms with Gasteiger partial charge >= 0.3 is 0 Å². The molecule has 0 aromatic carbocycles. The van der Waals surface area contributed by atoms with Gasteiger partial charge in [0.25, 0.3) is 0 Å². The minimum Gasteiger partial charge on any atom is -0.319 e. The fraction of sp³-hybridized carbons (Fsp3) is 0.200. The molecule has 0 bridgehead atoms. The molecule has 0 saturated carbocycles. The lowest BCUT2D eigenvalue weighted by molar-refractivity contribution is -0.117. The van der Waals surface area contributed by atoms with Crippen molar-refractivity contribution in [3.63, 3.8) is 0 Å². The standard InChI is InChI=1S/C10H10Cl2N6O/c1-18-3-5(2-16-18)6(13)10(19)17-7-8(11)14-4-15-9(7)12/h2-4,6H,13H2,1H3,(H,17,19). The number of halogens is 2. The second-order valence-electron chi connectivity index (χ2n) is 3.74. The molecule has 1 atom stereocenters. The summed E-state index contributed by atoms with van der Waals surface area (Å²) in [5.41, 5.74) is 6.52. The van der Waals surface area contributed by atoms with E-state index in [1.54, 1.807) is 17.9 Å². The quantitative estimate of drug-likeness (QED) is 0.829. The molecule has 0 fully saturated rings. The van der Waals surface area contributed by atoms with Crippen LogP contribution in [-0.4, -0.2) is 25.7 Å². The molecule has 1 unspecified atom stereocenters. The SMILES string of the molecule is Cn1cc(C(N)C(=O)Nc2c(Cl)ncnc2Cl)cn1. The fourth-order valence-corrected chi connectivity index (χ4v) is 1.81. The second kappa shape index (κ2) is 5.52. The first kappa shape index (κ1) is 13.7. The monoisotopic (exact) mass is 300 g/mol. The number of aromatic nitrogens is 4. The molecular weight excluding hydrogens is 291 g/mol. The van der Waals surface area contributed by atoms with E-state index < -0.39 is 11.9 Å². The third kappa shape index (κ3) is 3.01. The predicted octanol–water partition coefficient (Wildman–Crippen LogP) is 1.16. The summed E-state index contributed by atoms with van der Waals surface area (Å²) in [6.45, 7) is 0. The Kier molecular flexibility index (Phi) is 3.98. The normalized spacial score (nSPS) is 12.2. The molecule has 2 aromatic rings. The van der Waals surface area contributed by atoms with Crippen LogP contribution in [0.15, 0.2) is 18.7 Å². The van der Waals surface area contributed by atoms with Crippen LogP contribution >= 0.6 is 23.2 Å². The number of nitrogens with zero attached hydrogens (tertiary/aromatic N) is 4. The molecule has 0 aliphatic heterocycles. The zero-order valence-electron chi connectivity index (χ0n) is 9.84. The van der Waals surface area contributed by atoms with E-state index in [1.165, 1.54) is 12.5 Å². The zero-order chi connectivity index (χ0) is 14.0. The van der Waals surface area contributed by atoms with E-state index >= 15 is 0 Å². The maximum absolute atomic E-state index is 12.0. The van der Waals surface area contributed by atoms with Crippen LogP contribution in [0.5, 0.6) is 0 Å². The maximum atomic E-state index is 12.0. The molecule has 3 N–H and O–H groups in total. The van der Waals surface area contributed by atoms with Crippen LogP contribution in [0, 0.1) is 0 Å².